The van der Waals surface area contributed by atoms with E-state index in [0.717, 1.165) is 11.3 Å². The Hall–Kier alpha value is -3.14. The van der Waals surface area contributed by atoms with Crippen molar-refractivity contribution >= 4 is 39.7 Å². The van der Waals surface area contributed by atoms with Crippen molar-refractivity contribution in [3.8, 4) is 21.9 Å². The summed E-state index contributed by atoms with van der Waals surface area (Å²) in [4.78, 5) is 28.7. The van der Waals surface area contributed by atoms with Gasteiger partial charge in [-0.3, -0.25) is 9.59 Å². The number of nitrogens with one attached hydrogen (secondary N) is 2. The molecule has 4 rings (SSSR count). The highest BCUT2D eigenvalue weighted by atomic mass is 35.5. The number of amides is 1. The SMILES string of the molecule is CCNC(=O)c1cc2c(-c3sc(C(C)(C)O)c(F)c3Oc3c(C)cc(Cl)cc3C)cn(C)c(=O)c2[nH]1. The van der Waals surface area contributed by atoms with Crippen molar-refractivity contribution < 1.29 is 19.0 Å². The first kappa shape index (κ1) is 25.9. The number of fused-ring (bicyclic) bond motifs is 1. The summed E-state index contributed by atoms with van der Waals surface area (Å²) in [6.45, 7) is 8.82. The summed E-state index contributed by atoms with van der Waals surface area (Å²) in [6, 6.07) is 5.01. The minimum absolute atomic E-state index is 0.0774. The second-order valence-corrected chi connectivity index (χ2v) is 10.7. The van der Waals surface area contributed by atoms with Crippen LogP contribution < -0.4 is 15.6 Å². The molecule has 0 aliphatic carbocycles. The number of aromatic nitrogens is 2. The molecule has 0 aliphatic heterocycles. The summed E-state index contributed by atoms with van der Waals surface area (Å²) in [5.74, 6) is -0.693. The van der Waals surface area contributed by atoms with Crippen LogP contribution in [-0.2, 0) is 12.6 Å². The van der Waals surface area contributed by atoms with Crippen LogP contribution >= 0.6 is 22.9 Å². The molecule has 0 bridgehead atoms. The zero-order chi connectivity index (χ0) is 26.5. The Labute approximate surface area is 216 Å². The highest BCUT2D eigenvalue weighted by Gasteiger charge is 2.32. The first-order valence-corrected chi connectivity index (χ1v) is 12.5. The van der Waals surface area contributed by atoms with Crippen LogP contribution in [0.25, 0.3) is 21.3 Å². The molecule has 36 heavy (non-hydrogen) atoms. The summed E-state index contributed by atoms with van der Waals surface area (Å²) in [7, 11) is 1.58. The molecule has 0 unspecified atom stereocenters. The molecule has 4 aromatic rings. The number of carbonyl (C=O) groups excluding carboxylic acids is 1. The third-order valence-electron chi connectivity index (χ3n) is 5.79. The molecule has 3 aromatic heterocycles. The maximum atomic E-state index is 15.9. The van der Waals surface area contributed by atoms with E-state index < -0.39 is 11.4 Å². The van der Waals surface area contributed by atoms with E-state index in [1.54, 1.807) is 38.4 Å². The Bertz CT molecular complexity index is 1540. The number of rotatable bonds is 6. The fourth-order valence-corrected chi connectivity index (χ4v) is 5.57. The van der Waals surface area contributed by atoms with Gasteiger partial charge in [0.15, 0.2) is 11.6 Å². The van der Waals surface area contributed by atoms with Crippen LogP contribution in [0.15, 0.2) is 29.2 Å². The Balaban J connectivity index is 2.02. The van der Waals surface area contributed by atoms with Crippen molar-refractivity contribution in [1.82, 2.24) is 14.9 Å². The number of aryl methyl sites for hydroxylation is 3. The number of pyridine rings is 1. The van der Waals surface area contributed by atoms with Gasteiger partial charge in [0.05, 0.1) is 15.4 Å². The highest BCUT2D eigenvalue weighted by molar-refractivity contribution is 7.16. The maximum absolute atomic E-state index is 15.9. The second kappa shape index (κ2) is 9.38. The predicted molar refractivity (Wildman–Crippen MR) is 141 cm³/mol. The lowest BCUT2D eigenvalue weighted by molar-refractivity contribution is 0.0785. The van der Waals surface area contributed by atoms with Crippen molar-refractivity contribution in [2.75, 3.05) is 6.54 Å². The molecule has 0 saturated carbocycles. The number of nitrogens with zero attached hydrogens (tertiary/aromatic N) is 1. The van der Waals surface area contributed by atoms with Gasteiger partial charge in [0.2, 0.25) is 0 Å². The van der Waals surface area contributed by atoms with Gasteiger partial charge in [-0.05, 0) is 63.9 Å². The third kappa shape index (κ3) is 4.54. The van der Waals surface area contributed by atoms with Gasteiger partial charge >= 0.3 is 0 Å². The molecule has 190 valence electrons. The topological polar surface area (TPSA) is 96.3 Å². The number of benzene rings is 1. The lowest BCUT2D eigenvalue weighted by atomic mass is 10.1. The van der Waals surface area contributed by atoms with Crippen LogP contribution in [0.5, 0.6) is 11.5 Å². The normalized spacial score (nSPS) is 11.8. The number of aromatic amines is 1. The Morgan fingerprint density at radius 2 is 1.89 bits per heavy atom. The molecule has 0 atom stereocenters. The average Bonchev–Trinajstić information content (AvgIpc) is 3.36. The summed E-state index contributed by atoms with van der Waals surface area (Å²) in [5, 5.41) is 14.4. The first-order chi connectivity index (χ1) is 16.8. The maximum Gasteiger partial charge on any atom is 0.274 e. The third-order valence-corrected chi connectivity index (χ3v) is 7.50. The lowest BCUT2D eigenvalue weighted by Crippen LogP contribution is -2.23. The van der Waals surface area contributed by atoms with Gasteiger partial charge in [-0.1, -0.05) is 11.6 Å². The summed E-state index contributed by atoms with van der Waals surface area (Å²) in [6.07, 6.45) is 1.58. The molecule has 0 aliphatic rings. The average molecular weight is 532 g/mol. The minimum atomic E-state index is -1.49. The van der Waals surface area contributed by atoms with E-state index in [0.29, 0.717) is 44.3 Å². The van der Waals surface area contributed by atoms with E-state index >= 15 is 4.39 Å². The summed E-state index contributed by atoms with van der Waals surface area (Å²) < 4.78 is 23.4. The minimum Gasteiger partial charge on any atom is -0.452 e. The van der Waals surface area contributed by atoms with Crippen molar-refractivity contribution in [2.24, 2.45) is 7.05 Å². The number of ether oxygens (including phenoxy) is 1. The smallest absolute Gasteiger partial charge is 0.274 e. The molecule has 10 heteroatoms. The van der Waals surface area contributed by atoms with E-state index in [1.165, 1.54) is 18.4 Å². The number of H-pyrrole nitrogens is 1. The quantitative estimate of drug-likeness (QED) is 0.294. The van der Waals surface area contributed by atoms with E-state index in [4.69, 9.17) is 16.3 Å². The fraction of sp³-hybridized carbons (Fsp3) is 0.308. The van der Waals surface area contributed by atoms with Gasteiger partial charge in [0.1, 0.15) is 17.0 Å². The molecule has 0 saturated heterocycles. The molecule has 3 N–H and O–H groups in total. The van der Waals surface area contributed by atoms with Crippen molar-refractivity contribution in [2.45, 2.75) is 40.2 Å². The van der Waals surface area contributed by atoms with Gasteiger partial charge in [0.25, 0.3) is 11.5 Å². The molecule has 0 spiro atoms. The zero-order valence-electron chi connectivity index (χ0n) is 20.8. The summed E-state index contributed by atoms with van der Waals surface area (Å²) in [5.41, 5.74) is 0.509. The van der Waals surface area contributed by atoms with Gasteiger partial charge in [-0.25, -0.2) is 4.39 Å². The number of hydrogen-bond acceptors (Lipinski definition) is 5. The molecular weight excluding hydrogens is 505 g/mol. The van der Waals surface area contributed by atoms with E-state index in [-0.39, 0.29) is 33.3 Å². The number of hydrogen-bond donors (Lipinski definition) is 3. The molecule has 1 aromatic carbocycles. The van der Waals surface area contributed by atoms with Crippen molar-refractivity contribution in [1.29, 1.82) is 0 Å². The Morgan fingerprint density at radius 1 is 1.25 bits per heavy atom. The number of carbonyl (C=O) groups is 1. The number of thiophene rings is 1. The number of aliphatic hydroxyl groups is 1. The molecule has 1 amide bonds. The summed E-state index contributed by atoms with van der Waals surface area (Å²) >= 11 is 7.20. The lowest BCUT2D eigenvalue weighted by Gasteiger charge is -2.15. The van der Waals surface area contributed by atoms with Crippen LogP contribution in [0.3, 0.4) is 0 Å². The van der Waals surface area contributed by atoms with Crippen LogP contribution in [-0.4, -0.2) is 27.1 Å². The monoisotopic (exact) mass is 531 g/mol. The van der Waals surface area contributed by atoms with E-state index in [2.05, 4.69) is 10.3 Å². The van der Waals surface area contributed by atoms with Crippen LogP contribution in [0.2, 0.25) is 5.02 Å². The zero-order valence-corrected chi connectivity index (χ0v) is 22.4. The van der Waals surface area contributed by atoms with Gasteiger partial charge in [0, 0.05) is 35.8 Å². The predicted octanol–water partition coefficient (Wildman–Crippen LogP) is 5.77. The van der Waals surface area contributed by atoms with Gasteiger partial charge < -0.3 is 24.7 Å². The molecule has 0 fully saturated rings. The van der Waals surface area contributed by atoms with E-state index in [1.807, 2.05) is 13.8 Å². The van der Waals surface area contributed by atoms with Crippen LogP contribution in [0.1, 0.15) is 47.3 Å². The van der Waals surface area contributed by atoms with Crippen LogP contribution in [0.4, 0.5) is 4.39 Å². The standard InChI is InChI=1S/C26H27ClFN3O4S/c1-7-29-24(32)17-10-15-16(11-31(6)25(33)19(15)30-17)22-21(18(28)23(36-22)26(4,5)34)35-20-12(2)8-14(27)9-13(20)3/h8-11,30,34H,7H2,1-6H3,(H,29,32). The first-order valence-electron chi connectivity index (χ1n) is 11.3. The largest absolute Gasteiger partial charge is 0.452 e. The molecule has 3 heterocycles. The van der Waals surface area contributed by atoms with Crippen molar-refractivity contribution in [3.05, 3.63) is 67.3 Å². The van der Waals surface area contributed by atoms with Crippen LogP contribution in [0, 0.1) is 19.7 Å². The number of halogens is 2. The Kier molecular flexibility index (Phi) is 6.76. The molecular formula is C26H27ClFN3O4S. The fourth-order valence-electron chi connectivity index (χ4n) is 4.11. The second-order valence-electron chi connectivity index (χ2n) is 9.22. The Morgan fingerprint density at radius 3 is 2.47 bits per heavy atom. The highest BCUT2D eigenvalue weighted by Crippen LogP contribution is 2.49. The van der Waals surface area contributed by atoms with Gasteiger partial charge in [-0.2, -0.15) is 0 Å². The van der Waals surface area contributed by atoms with Crippen molar-refractivity contribution in [3.63, 3.8) is 0 Å². The molecule has 7 nitrogen and oxygen atoms in total. The van der Waals surface area contributed by atoms with E-state index in [9.17, 15) is 14.7 Å². The van der Waals surface area contributed by atoms with Gasteiger partial charge in [-0.15, -0.1) is 11.3 Å². The molecule has 0 radical (unpaired) electrons.